The second kappa shape index (κ2) is 5.19. The van der Waals surface area contributed by atoms with Crippen LogP contribution in [0.3, 0.4) is 0 Å². The van der Waals surface area contributed by atoms with E-state index in [-0.39, 0.29) is 0 Å². The number of aliphatic carboxylic acids is 1. The van der Waals surface area contributed by atoms with Crippen molar-refractivity contribution in [3.63, 3.8) is 0 Å². The lowest BCUT2D eigenvalue weighted by molar-refractivity contribution is -0.144. The molecule has 2 N–H and O–H groups in total. The second-order valence-electron chi connectivity index (χ2n) is 3.26. The molecule has 1 atom stereocenters. The highest BCUT2D eigenvalue weighted by Gasteiger charge is 2.38. The van der Waals surface area contributed by atoms with Crippen molar-refractivity contribution in [1.29, 1.82) is 0 Å². The summed E-state index contributed by atoms with van der Waals surface area (Å²) in [6, 6.07) is 9.25. The first-order valence-corrected chi connectivity index (χ1v) is 6.03. The Bertz CT molecular complexity index is 329. The monoisotopic (exact) mass is 225 g/mol. The third kappa shape index (κ3) is 2.33. The fourth-order valence-corrected chi connectivity index (χ4v) is 2.40. The molecule has 0 saturated carbocycles. The van der Waals surface area contributed by atoms with Crippen LogP contribution in [0.1, 0.15) is 5.56 Å². The molecule has 0 radical (unpaired) electrons. The van der Waals surface area contributed by atoms with Gasteiger partial charge in [0, 0.05) is 5.75 Å². The average molecular weight is 225 g/mol. The van der Waals surface area contributed by atoms with Crippen molar-refractivity contribution in [2.24, 2.45) is 0 Å². The van der Waals surface area contributed by atoms with Gasteiger partial charge < -0.3 is 10.4 Å². The van der Waals surface area contributed by atoms with Crippen molar-refractivity contribution in [1.82, 2.24) is 5.32 Å². The normalized spacial score (nSPS) is 14.5. The Labute approximate surface area is 93.9 Å². The predicted molar refractivity (Wildman–Crippen MR) is 63.2 cm³/mol. The largest absolute Gasteiger partial charge is 0.480 e. The zero-order valence-electron chi connectivity index (χ0n) is 8.86. The van der Waals surface area contributed by atoms with Gasteiger partial charge in [0.05, 0.1) is 0 Å². The van der Waals surface area contributed by atoms with Crippen LogP contribution < -0.4 is 5.32 Å². The lowest BCUT2D eigenvalue weighted by atomic mass is 9.92. The molecule has 0 amide bonds. The van der Waals surface area contributed by atoms with Gasteiger partial charge in [0.1, 0.15) is 0 Å². The van der Waals surface area contributed by atoms with Gasteiger partial charge in [0.2, 0.25) is 0 Å². The van der Waals surface area contributed by atoms with E-state index in [9.17, 15) is 9.90 Å². The van der Waals surface area contributed by atoms with E-state index >= 15 is 0 Å². The van der Waals surface area contributed by atoms with Gasteiger partial charge in [-0.05, 0) is 18.9 Å². The fourth-order valence-electron chi connectivity index (χ4n) is 1.53. The molecular weight excluding hydrogens is 210 g/mol. The number of carboxylic acid groups (broad SMARTS) is 1. The summed E-state index contributed by atoms with van der Waals surface area (Å²) < 4.78 is 0. The van der Waals surface area contributed by atoms with Gasteiger partial charge in [-0.15, -0.1) is 0 Å². The van der Waals surface area contributed by atoms with Crippen molar-refractivity contribution < 1.29 is 9.90 Å². The van der Waals surface area contributed by atoms with Crippen LogP contribution in [0, 0.1) is 0 Å². The lowest BCUT2D eigenvalue weighted by Gasteiger charge is -2.28. The summed E-state index contributed by atoms with van der Waals surface area (Å²) in [5, 5.41) is 12.2. The molecule has 1 rings (SSSR count). The van der Waals surface area contributed by atoms with Gasteiger partial charge in [-0.1, -0.05) is 30.3 Å². The van der Waals surface area contributed by atoms with E-state index in [1.165, 1.54) is 11.8 Å². The maximum absolute atomic E-state index is 11.4. The molecule has 1 aromatic rings. The van der Waals surface area contributed by atoms with E-state index in [0.29, 0.717) is 5.75 Å². The summed E-state index contributed by atoms with van der Waals surface area (Å²) in [7, 11) is 1.68. The number of hydrogen-bond acceptors (Lipinski definition) is 3. The molecule has 82 valence electrons. The maximum atomic E-state index is 11.4. The molecule has 0 heterocycles. The minimum absolute atomic E-state index is 0.503. The molecule has 1 unspecified atom stereocenters. The Hall–Kier alpha value is -1.00. The number of rotatable bonds is 5. The number of likely N-dealkylation sites (N-methyl/N-ethyl adjacent to an activating group) is 1. The maximum Gasteiger partial charge on any atom is 0.329 e. The molecule has 0 bridgehead atoms. The SMILES string of the molecule is CNC(CSC)(C(=O)O)c1ccccc1. The second-order valence-corrected chi connectivity index (χ2v) is 4.13. The molecule has 4 heteroatoms. The first-order chi connectivity index (χ1) is 7.17. The smallest absolute Gasteiger partial charge is 0.329 e. The Kier molecular flexibility index (Phi) is 4.17. The van der Waals surface area contributed by atoms with Gasteiger partial charge in [0.15, 0.2) is 5.54 Å². The van der Waals surface area contributed by atoms with Crippen LogP contribution in [0.4, 0.5) is 0 Å². The predicted octanol–water partition coefficient (Wildman–Crippen LogP) is 1.55. The fraction of sp³-hybridized carbons (Fsp3) is 0.364. The molecule has 15 heavy (non-hydrogen) atoms. The van der Waals surface area contributed by atoms with Crippen LogP contribution in [-0.4, -0.2) is 30.1 Å². The molecule has 1 aromatic carbocycles. The first-order valence-electron chi connectivity index (χ1n) is 4.64. The van der Waals surface area contributed by atoms with Crippen LogP contribution in [0.2, 0.25) is 0 Å². The molecule has 0 spiro atoms. The molecule has 0 aliphatic rings. The number of thioether (sulfide) groups is 1. The minimum atomic E-state index is -0.985. The first kappa shape index (κ1) is 12.1. The van der Waals surface area contributed by atoms with Crippen LogP contribution in [0.25, 0.3) is 0 Å². The zero-order chi connectivity index (χ0) is 11.3. The van der Waals surface area contributed by atoms with Crippen LogP contribution >= 0.6 is 11.8 Å². The van der Waals surface area contributed by atoms with E-state index in [1.54, 1.807) is 7.05 Å². The number of hydrogen-bond donors (Lipinski definition) is 2. The minimum Gasteiger partial charge on any atom is -0.480 e. The number of carboxylic acids is 1. The Morgan fingerprint density at radius 1 is 1.47 bits per heavy atom. The highest BCUT2D eigenvalue weighted by atomic mass is 32.2. The quantitative estimate of drug-likeness (QED) is 0.798. The van der Waals surface area contributed by atoms with Crippen LogP contribution in [0.5, 0.6) is 0 Å². The molecule has 0 fully saturated rings. The standard InChI is InChI=1S/C11H15NO2S/c1-12-11(8-15-2,10(13)14)9-6-4-3-5-7-9/h3-7,12H,8H2,1-2H3,(H,13,14). The van der Waals surface area contributed by atoms with Gasteiger partial charge in [-0.3, -0.25) is 0 Å². The van der Waals surface area contributed by atoms with Crippen LogP contribution in [-0.2, 0) is 10.3 Å². The number of nitrogens with one attached hydrogen (secondary N) is 1. The van der Waals surface area contributed by atoms with E-state index in [1.807, 2.05) is 36.6 Å². The summed E-state index contributed by atoms with van der Waals surface area (Å²) >= 11 is 1.51. The van der Waals surface area contributed by atoms with E-state index in [4.69, 9.17) is 0 Å². The van der Waals surface area contributed by atoms with Crippen LogP contribution in [0.15, 0.2) is 30.3 Å². The van der Waals surface area contributed by atoms with Gasteiger partial charge in [-0.25, -0.2) is 4.79 Å². The highest BCUT2D eigenvalue weighted by molar-refractivity contribution is 7.98. The summed E-state index contributed by atoms with van der Waals surface area (Å²) in [6.45, 7) is 0. The van der Waals surface area contributed by atoms with Crippen molar-refractivity contribution in [3.8, 4) is 0 Å². The Morgan fingerprint density at radius 3 is 2.47 bits per heavy atom. The van der Waals surface area contributed by atoms with E-state index < -0.39 is 11.5 Å². The van der Waals surface area contributed by atoms with Crippen molar-refractivity contribution >= 4 is 17.7 Å². The summed E-state index contributed by atoms with van der Waals surface area (Å²) in [5.41, 5.74) is -0.199. The summed E-state index contributed by atoms with van der Waals surface area (Å²) in [6.07, 6.45) is 1.90. The van der Waals surface area contributed by atoms with Crippen molar-refractivity contribution in [2.75, 3.05) is 19.1 Å². The third-order valence-corrected chi connectivity index (χ3v) is 3.14. The Balaban J connectivity index is 3.15. The summed E-state index contributed by atoms with van der Waals surface area (Å²) in [5.74, 6) is -0.339. The van der Waals surface area contributed by atoms with Crippen molar-refractivity contribution in [2.45, 2.75) is 5.54 Å². The van der Waals surface area contributed by atoms with Gasteiger partial charge in [0.25, 0.3) is 0 Å². The third-order valence-electron chi connectivity index (χ3n) is 2.42. The molecular formula is C11H15NO2S. The van der Waals surface area contributed by atoms with Gasteiger partial charge in [-0.2, -0.15) is 11.8 Å². The summed E-state index contributed by atoms with van der Waals surface area (Å²) in [4.78, 5) is 11.4. The topological polar surface area (TPSA) is 49.3 Å². The molecule has 0 aliphatic heterocycles. The lowest BCUT2D eigenvalue weighted by Crippen LogP contribution is -2.49. The zero-order valence-corrected chi connectivity index (χ0v) is 9.67. The number of benzene rings is 1. The number of carbonyl (C=O) groups is 1. The highest BCUT2D eigenvalue weighted by Crippen LogP contribution is 2.24. The van der Waals surface area contributed by atoms with E-state index in [0.717, 1.165) is 5.56 Å². The van der Waals surface area contributed by atoms with Gasteiger partial charge >= 0.3 is 5.97 Å². The molecule has 0 aromatic heterocycles. The molecule has 3 nitrogen and oxygen atoms in total. The Morgan fingerprint density at radius 2 is 2.07 bits per heavy atom. The molecule has 0 aliphatic carbocycles. The van der Waals surface area contributed by atoms with Crippen molar-refractivity contribution in [3.05, 3.63) is 35.9 Å². The molecule has 0 saturated heterocycles. The average Bonchev–Trinajstić information content (AvgIpc) is 2.26. The van der Waals surface area contributed by atoms with E-state index in [2.05, 4.69) is 5.32 Å².